The Morgan fingerprint density at radius 1 is 1.16 bits per heavy atom. The van der Waals surface area contributed by atoms with Gasteiger partial charge in [-0.15, -0.1) is 0 Å². The lowest BCUT2D eigenvalue weighted by atomic mass is 10.1. The molecule has 5 nitrogen and oxygen atoms in total. The van der Waals surface area contributed by atoms with Crippen molar-refractivity contribution in [2.45, 2.75) is 26.2 Å². The highest BCUT2D eigenvalue weighted by molar-refractivity contribution is 5.44. The van der Waals surface area contributed by atoms with Gasteiger partial charge in [0.05, 0.1) is 19.3 Å². The lowest BCUT2D eigenvalue weighted by Crippen LogP contribution is -2.32. The van der Waals surface area contributed by atoms with E-state index in [0.717, 1.165) is 23.6 Å². The molecule has 0 fully saturated rings. The maximum atomic E-state index is 10.2. The Labute approximate surface area is 148 Å². The third-order valence-electron chi connectivity index (χ3n) is 4.24. The molecule has 1 atom stereocenters. The van der Waals surface area contributed by atoms with Crippen LogP contribution in [0.1, 0.15) is 16.7 Å². The van der Waals surface area contributed by atoms with Gasteiger partial charge in [0.15, 0.2) is 11.5 Å². The molecule has 0 saturated carbocycles. The molecule has 0 radical (unpaired) electrons. The van der Waals surface area contributed by atoms with Crippen molar-refractivity contribution < 1.29 is 19.3 Å². The summed E-state index contributed by atoms with van der Waals surface area (Å²) in [5.74, 6) is 1.52. The highest BCUT2D eigenvalue weighted by atomic mass is 16.7. The van der Waals surface area contributed by atoms with E-state index in [1.165, 1.54) is 11.1 Å². The molecule has 25 heavy (non-hydrogen) atoms. The average molecular weight is 343 g/mol. The third-order valence-corrected chi connectivity index (χ3v) is 4.24. The highest BCUT2D eigenvalue weighted by Crippen LogP contribution is 2.32. The van der Waals surface area contributed by atoms with E-state index in [1.54, 1.807) is 0 Å². The lowest BCUT2D eigenvalue weighted by Gasteiger charge is -2.21. The van der Waals surface area contributed by atoms with E-state index in [-0.39, 0.29) is 6.79 Å². The van der Waals surface area contributed by atoms with Crippen LogP contribution in [0.5, 0.6) is 11.5 Å². The number of aliphatic hydroxyl groups excluding tert-OH is 1. The maximum Gasteiger partial charge on any atom is 0.231 e. The molecule has 134 valence electrons. The monoisotopic (exact) mass is 343 g/mol. The number of fused-ring (bicyclic) bond motifs is 1. The second kappa shape index (κ2) is 8.34. The van der Waals surface area contributed by atoms with Gasteiger partial charge in [-0.2, -0.15) is 0 Å². The SMILES string of the molecule is Cc1ccccc1CN(C)CC(O)COCc1ccc2c(c1)OCO2. The number of aryl methyl sites for hydroxylation is 1. The molecular formula is C20H25NO4. The van der Waals surface area contributed by atoms with E-state index < -0.39 is 6.10 Å². The van der Waals surface area contributed by atoms with E-state index >= 15 is 0 Å². The van der Waals surface area contributed by atoms with Crippen molar-refractivity contribution in [3.8, 4) is 11.5 Å². The lowest BCUT2D eigenvalue weighted by molar-refractivity contribution is 0.0126. The molecule has 1 aliphatic rings. The molecule has 2 aromatic rings. The summed E-state index contributed by atoms with van der Waals surface area (Å²) in [5, 5.41) is 10.2. The van der Waals surface area contributed by atoms with Gasteiger partial charge in [0, 0.05) is 13.1 Å². The van der Waals surface area contributed by atoms with Crippen molar-refractivity contribution in [2.75, 3.05) is 27.0 Å². The van der Waals surface area contributed by atoms with Gasteiger partial charge in [-0.25, -0.2) is 0 Å². The van der Waals surface area contributed by atoms with Crippen molar-refractivity contribution >= 4 is 0 Å². The summed E-state index contributed by atoms with van der Waals surface area (Å²) in [7, 11) is 2.01. The van der Waals surface area contributed by atoms with Crippen LogP contribution in [0.2, 0.25) is 0 Å². The van der Waals surface area contributed by atoms with Crippen molar-refractivity contribution in [2.24, 2.45) is 0 Å². The van der Waals surface area contributed by atoms with Crippen molar-refractivity contribution in [1.29, 1.82) is 0 Å². The number of nitrogens with zero attached hydrogens (tertiary/aromatic N) is 1. The van der Waals surface area contributed by atoms with Gasteiger partial charge >= 0.3 is 0 Å². The Bertz CT molecular complexity index is 704. The van der Waals surface area contributed by atoms with Gasteiger partial charge < -0.3 is 19.3 Å². The first-order valence-electron chi connectivity index (χ1n) is 8.49. The molecule has 0 aromatic heterocycles. The first-order chi connectivity index (χ1) is 12.1. The van der Waals surface area contributed by atoms with Gasteiger partial charge in [-0.05, 0) is 42.8 Å². The van der Waals surface area contributed by atoms with Crippen LogP contribution in [0.4, 0.5) is 0 Å². The summed E-state index contributed by atoms with van der Waals surface area (Å²) in [6.07, 6.45) is -0.525. The zero-order chi connectivity index (χ0) is 17.6. The maximum absolute atomic E-state index is 10.2. The van der Waals surface area contributed by atoms with E-state index in [1.807, 2.05) is 37.4 Å². The van der Waals surface area contributed by atoms with Crippen molar-refractivity contribution in [1.82, 2.24) is 4.90 Å². The van der Waals surface area contributed by atoms with E-state index in [2.05, 4.69) is 24.0 Å². The normalized spacial score (nSPS) is 14.1. The Hall–Kier alpha value is -2.08. The van der Waals surface area contributed by atoms with Crippen molar-refractivity contribution in [3.05, 3.63) is 59.2 Å². The predicted octanol–water partition coefficient (Wildman–Crippen LogP) is 2.73. The van der Waals surface area contributed by atoms with E-state index in [0.29, 0.717) is 19.8 Å². The summed E-state index contributed by atoms with van der Waals surface area (Å²) in [4.78, 5) is 2.11. The average Bonchev–Trinajstić information content (AvgIpc) is 3.04. The quantitative estimate of drug-likeness (QED) is 0.799. The molecule has 1 heterocycles. The minimum atomic E-state index is -0.525. The molecule has 5 heteroatoms. The first-order valence-corrected chi connectivity index (χ1v) is 8.49. The summed E-state index contributed by atoms with van der Waals surface area (Å²) < 4.78 is 16.3. The minimum absolute atomic E-state index is 0.269. The summed E-state index contributed by atoms with van der Waals surface area (Å²) >= 11 is 0. The molecule has 0 amide bonds. The third kappa shape index (κ3) is 4.95. The summed E-state index contributed by atoms with van der Waals surface area (Å²) in [6, 6.07) is 14.1. The van der Waals surface area contributed by atoms with Crippen LogP contribution in [0, 0.1) is 6.92 Å². The van der Waals surface area contributed by atoms with Crippen LogP contribution in [-0.2, 0) is 17.9 Å². The molecule has 1 aliphatic heterocycles. The van der Waals surface area contributed by atoms with E-state index in [4.69, 9.17) is 14.2 Å². The molecule has 1 unspecified atom stereocenters. The zero-order valence-corrected chi connectivity index (χ0v) is 14.8. The number of hydrogen-bond donors (Lipinski definition) is 1. The van der Waals surface area contributed by atoms with Crippen LogP contribution in [0.15, 0.2) is 42.5 Å². The van der Waals surface area contributed by atoms with Gasteiger partial charge in [-0.1, -0.05) is 30.3 Å². The van der Waals surface area contributed by atoms with Crippen LogP contribution in [0.3, 0.4) is 0 Å². The fraction of sp³-hybridized carbons (Fsp3) is 0.400. The van der Waals surface area contributed by atoms with Gasteiger partial charge in [0.1, 0.15) is 0 Å². The van der Waals surface area contributed by atoms with Gasteiger partial charge in [-0.3, -0.25) is 4.90 Å². The summed E-state index contributed by atoms with van der Waals surface area (Å²) in [6.45, 7) is 4.49. The number of rotatable bonds is 8. The standard InChI is InChI=1S/C20H25NO4/c1-15-5-3-4-6-17(15)10-21(2)11-18(22)13-23-12-16-7-8-19-20(9-16)25-14-24-19/h3-9,18,22H,10-14H2,1-2H3. The van der Waals surface area contributed by atoms with Gasteiger partial charge in [0.25, 0.3) is 0 Å². The zero-order valence-electron chi connectivity index (χ0n) is 14.8. The largest absolute Gasteiger partial charge is 0.454 e. The smallest absolute Gasteiger partial charge is 0.231 e. The topological polar surface area (TPSA) is 51.2 Å². The molecule has 0 aliphatic carbocycles. The second-order valence-electron chi connectivity index (χ2n) is 6.48. The number of benzene rings is 2. The number of ether oxygens (including phenoxy) is 3. The highest BCUT2D eigenvalue weighted by Gasteiger charge is 2.14. The predicted molar refractivity (Wildman–Crippen MR) is 95.7 cm³/mol. The Morgan fingerprint density at radius 3 is 2.80 bits per heavy atom. The molecule has 0 spiro atoms. The van der Waals surface area contributed by atoms with Crippen LogP contribution >= 0.6 is 0 Å². The molecule has 0 bridgehead atoms. The minimum Gasteiger partial charge on any atom is -0.454 e. The Kier molecular flexibility index (Phi) is 5.91. The number of aliphatic hydroxyl groups is 1. The number of hydrogen-bond acceptors (Lipinski definition) is 5. The molecule has 1 N–H and O–H groups in total. The molecule has 3 rings (SSSR count). The van der Waals surface area contributed by atoms with Crippen LogP contribution in [0.25, 0.3) is 0 Å². The fourth-order valence-electron chi connectivity index (χ4n) is 2.90. The second-order valence-corrected chi connectivity index (χ2v) is 6.48. The Morgan fingerprint density at radius 2 is 1.96 bits per heavy atom. The van der Waals surface area contributed by atoms with Crippen LogP contribution in [-0.4, -0.2) is 43.1 Å². The van der Waals surface area contributed by atoms with Crippen LogP contribution < -0.4 is 9.47 Å². The molecular weight excluding hydrogens is 318 g/mol. The Balaban J connectivity index is 1.40. The number of likely N-dealkylation sites (N-methyl/N-ethyl adjacent to an activating group) is 1. The van der Waals surface area contributed by atoms with E-state index in [9.17, 15) is 5.11 Å². The molecule has 0 saturated heterocycles. The van der Waals surface area contributed by atoms with Crippen molar-refractivity contribution in [3.63, 3.8) is 0 Å². The molecule has 2 aromatic carbocycles. The van der Waals surface area contributed by atoms with Gasteiger partial charge in [0.2, 0.25) is 6.79 Å². The fourth-order valence-corrected chi connectivity index (χ4v) is 2.90. The first kappa shape index (κ1) is 17.7. The summed E-state index contributed by atoms with van der Waals surface area (Å²) in [5.41, 5.74) is 3.55.